The average molecular weight is 555 g/mol. The number of benzene rings is 3. The molecule has 3 aromatic carbocycles. The maximum Gasteiger partial charge on any atom is 0.339 e. The number of nitrogens with one attached hydrogen (secondary N) is 3. The number of esters is 1. The average Bonchev–Trinajstić information content (AvgIpc) is 3.38. The van der Waals surface area contributed by atoms with Crippen molar-refractivity contribution in [3.63, 3.8) is 0 Å². The highest BCUT2D eigenvalue weighted by molar-refractivity contribution is 6.07. The molecular formula is C33H35FN4O3. The van der Waals surface area contributed by atoms with Gasteiger partial charge in [-0.2, -0.15) is 0 Å². The molecule has 5 aromatic rings. The summed E-state index contributed by atoms with van der Waals surface area (Å²) >= 11 is 0. The summed E-state index contributed by atoms with van der Waals surface area (Å²) in [4.78, 5) is 28.9. The van der Waals surface area contributed by atoms with Crippen molar-refractivity contribution in [1.82, 2.24) is 14.9 Å². The third kappa shape index (κ3) is 5.47. The van der Waals surface area contributed by atoms with Crippen LogP contribution in [-0.4, -0.2) is 34.6 Å². The predicted octanol–water partition coefficient (Wildman–Crippen LogP) is 6.49. The molecule has 1 amide bonds. The van der Waals surface area contributed by atoms with Crippen molar-refractivity contribution >= 4 is 39.4 Å². The first-order valence-electron chi connectivity index (χ1n) is 13.8. The smallest absolute Gasteiger partial charge is 0.339 e. The van der Waals surface area contributed by atoms with Crippen LogP contribution in [0.4, 0.5) is 10.1 Å². The summed E-state index contributed by atoms with van der Waals surface area (Å²) < 4.78 is 20.7. The second kappa shape index (κ2) is 11.6. The van der Waals surface area contributed by atoms with Crippen LogP contribution in [0.25, 0.3) is 21.8 Å². The molecule has 0 saturated carbocycles. The minimum absolute atomic E-state index is 0.285. The van der Waals surface area contributed by atoms with E-state index in [1.807, 2.05) is 45.2 Å². The number of aromatic nitrogens is 2. The molecule has 0 fully saturated rings. The van der Waals surface area contributed by atoms with Gasteiger partial charge in [0.2, 0.25) is 0 Å². The van der Waals surface area contributed by atoms with Crippen molar-refractivity contribution in [2.45, 2.75) is 40.7 Å². The van der Waals surface area contributed by atoms with Crippen LogP contribution in [0.15, 0.2) is 54.6 Å². The van der Waals surface area contributed by atoms with Gasteiger partial charge >= 0.3 is 5.97 Å². The molecule has 3 N–H and O–H groups in total. The van der Waals surface area contributed by atoms with Crippen LogP contribution in [-0.2, 0) is 24.8 Å². The third-order valence-electron chi connectivity index (χ3n) is 7.77. The number of hydrogen-bond donors (Lipinski definition) is 3. The molecule has 5 rings (SSSR count). The number of rotatable bonds is 9. The minimum atomic E-state index is -0.379. The standard InChI is InChI=1S/C33H35FN4O3/c1-6-41-33(40)30-19(2)7-14-28-31(30)20(3)29(38(28)5)18-35-16-15-25-21(4)36-27-13-12-24(17-26(25)27)37-32(39)22-8-10-23(34)11-9-22/h7-14,17,35-36H,6,15-16,18H2,1-5H3,(H,37,39). The topological polar surface area (TPSA) is 88.2 Å². The van der Waals surface area contributed by atoms with E-state index in [2.05, 4.69) is 40.1 Å². The number of anilines is 1. The van der Waals surface area contributed by atoms with E-state index in [-0.39, 0.29) is 17.7 Å². The summed E-state index contributed by atoms with van der Waals surface area (Å²) in [5.41, 5.74) is 9.10. The number of carbonyl (C=O) groups is 2. The zero-order valence-corrected chi connectivity index (χ0v) is 24.1. The molecule has 0 spiro atoms. The Morgan fingerprint density at radius 1 is 1.02 bits per heavy atom. The van der Waals surface area contributed by atoms with E-state index in [1.165, 1.54) is 29.8 Å². The molecule has 0 aliphatic rings. The van der Waals surface area contributed by atoms with E-state index >= 15 is 0 Å². The highest BCUT2D eigenvalue weighted by Crippen LogP contribution is 2.31. The fourth-order valence-corrected chi connectivity index (χ4v) is 5.62. The molecule has 7 nitrogen and oxygen atoms in total. The largest absolute Gasteiger partial charge is 0.462 e. The summed E-state index contributed by atoms with van der Waals surface area (Å²) in [7, 11) is 2.03. The van der Waals surface area contributed by atoms with E-state index in [0.29, 0.717) is 30.0 Å². The number of aromatic amines is 1. The second-order valence-electron chi connectivity index (χ2n) is 10.4. The Morgan fingerprint density at radius 3 is 2.51 bits per heavy atom. The fourth-order valence-electron chi connectivity index (χ4n) is 5.62. The zero-order chi connectivity index (χ0) is 29.3. The van der Waals surface area contributed by atoms with Crippen LogP contribution < -0.4 is 10.6 Å². The van der Waals surface area contributed by atoms with Gasteiger partial charge in [0.1, 0.15) is 5.82 Å². The Balaban J connectivity index is 1.31. The molecule has 0 bridgehead atoms. The van der Waals surface area contributed by atoms with E-state index < -0.39 is 0 Å². The molecule has 41 heavy (non-hydrogen) atoms. The number of fused-ring (bicyclic) bond motifs is 2. The summed E-state index contributed by atoms with van der Waals surface area (Å²) in [6.07, 6.45) is 0.789. The molecule has 2 aromatic heterocycles. The Morgan fingerprint density at radius 2 is 1.78 bits per heavy atom. The number of H-pyrrole nitrogens is 1. The number of ether oxygens (including phenoxy) is 1. The number of aryl methyl sites for hydroxylation is 4. The number of carbonyl (C=O) groups excluding carboxylic acids is 2. The second-order valence-corrected chi connectivity index (χ2v) is 10.4. The quantitative estimate of drug-likeness (QED) is 0.144. The highest BCUT2D eigenvalue weighted by Gasteiger charge is 2.21. The van der Waals surface area contributed by atoms with Crippen LogP contribution in [0.3, 0.4) is 0 Å². The van der Waals surface area contributed by atoms with Crippen LogP contribution in [0, 0.1) is 26.6 Å². The maximum atomic E-state index is 13.2. The van der Waals surface area contributed by atoms with Crippen molar-refractivity contribution in [3.05, 3.63) is 99.6 Å². The first-order valence-corrected chi connectivity index (χ1v) is 13.8. The first-order chi connectivity index (χ1) is 19.7. The van der Waals surface area contributed by atoms with Crippen LogP contribution >= 0.6 is 0 Å². The third-order valence-corrected chi connectivity index (χ3v) is 7.77. The Hall–Kier alpha value is -4.43. The number of nitrogens with zero attached hydrogens (tertiary/aromatic N) is 1. The molecule has 2 heterocycles. The number of hydrogen-bond acceptors (Lipinski definition) is 4. The fraction of sp³-hybridized carbons (Fsp3) is 0.273. The predicted molar refractivity (Wildman–Crippen MR) is 161 cm³/mol. The molecule has 0 radical (unpaired) electrons. The molecule has 0 aliphatic carbocycles. The van der Waals surface area contributed by atoms with Gasteiger partial charge in [-0.15, -0.1) is 0 Å². The normalized spacial score (nSPS) is 11.4. The van der Waals surface area contributed by atoms with Gasteiger partial charge in [0.05, 0.1) is 12.2 Å². The monoisotopic (exact) mass is 554 g/mol. The van der Waals surface area contributed by atoms with Gasteiger partial charge in [0, 0.05) is 58.0 Å². The Labute approximate surface area is 238 Å². The van der Waals surface area contributed by atoms with E-state index in [1.54, 1.807) is 0 Å². The number of amides is 1. The molecule has 212 valence electrons. The van der Waals surface area contributed by atoms with Crippen molar-refractivity contribution in [2.75, 3.05) is 18.5 Å². The zero-order valence-electron chi connectivity index (χ0n) is 24.1. The van der Waals surface area contributed by atoms with Gasteiger partial charge in [0.25, 0.3) is 5.91 Å². The Kier molecular flexibility index (Phi) is 7.94. The molecular weight excluding hydrogens is 519 g/mol. The highest BCUT2D eigenvalue weighted by atomic mass is 19.1. The lowest BCUT2D eigenvalue weighted by atomic mass is 10.0. The minimum Gasteiger partial charge on any atom is -0.462 e. The molecule has 8 heteroatoms. The molecule has 0 unspecified atom stereocenters. The van der Waals surface area contributed by atoms with Crippen molar-refractivity contribution < 1.29 is 18.7 Å². The molecule has 0 atom stereocenters. The lowest BCUT2D eigenvalue weighted by Crippen LogP contribution is -2.19. The van der Waals surface area contributed by atoms with Crippen molar-refractivity contribution in [2.24, 2.45) is 7.05 Å². The lowest BCUT2D eigenvalue weighted by Gasteiger charge is -2.09. The van der Waals surface area contributed by atoms with Crippen LogP contribution in [0.1, 0.15) is 55.7 Å². The lowest BCUT2D eigenvalue weighted by molar-refractivity contribution is 0.0527. The SMILES string of the molecule is CCOC(=O)c1c(C)ccc2c1c(C)c(CNCCc1c(C)[nH]c3ccc(NC(=O)c4ccc(F)cc4)cc13)n2C. The van der Waals surface area contributed by atoms with Crippen LogP contribution in [0.5, 0.6) is 0 Å². The molecule has 0 aliphatic heterocycles. The van der Waals surface area contributed by atoms with Gasteiger partial charge in [-0.25, -0.2) is 9.18 Å². The first kappa shape index (κ1) is 28.1. The van der Waals surface area contributed by atoms with E-state index in [4.69, 9.17) is 4.74 Å². The summed E-state index contributed by atoms with van der Waals surface area (Å²) in [6.45, 7) is 9.61. The summed E-state index contributed by atoms with van der Waals surface area (Å²) in [6, 6.07) is 15.3. The molecule has 0 saturated heterocycles. The van der Waals surface area contributed by atoms with Gasteiger partial charge < -0.3 is 24.9 Å². The van der Waals surface area contributed by atoms with Gasteiger partial charge in [0.15, 0.2) is 0 Å². The van der Waals surface area contributed by atoms with E-state index in [9.17, 15) is 14.0 Å². The summed E-state index contributed by atoms with van der Waals surface area (Å²) in [5.74, 6) is -0.950. The van der Waals surface area contributed by atoms with E-state index in [0.717, 1.165) is 57.3 Å². The van der Waals surface area contributed by atoms with Crippen molar-refractivity contribution in [3.8, 4) is 0 Å². The summed E-state index contributed by atoms with van der Waals surface area (Å²) in [5, 5.41) is 8.50. The van der Waals surface area contributed by atoms with Gasteiger partial charge in [-0.1, -0.05) is 6.07 Å². The van der Waals surface area contributed by atoms with Crippen molar-refractivity contribution in [1.29, 1.82) is 0 Å². The van der Waals surface area contributed by atoms with Gasteiger partial charge in [-0.3, -0.25) is 4.79 Å². The van der Waals surface area contributed by atoms with Crippen LogP contribution in [0.2, 0.25) is 0 Å². The van der Waals surface area contributed by atoms with Gasteiger partial charge in [-0.05, 0) is 106 Å². The maximum absolute atomic E-state index is 13.2. The Bertz CT molecular complexity index is 1770. The number of halogens is 1.